The number of aromatic nitrogens is 4. The van der Waals surface area contributed by atoms with Crippen molar-refractivity contribution in [3.8, 4) is 5.69 Å². The summed E-state index contributed by atoms with van der Waals surface area (Å²) in [5.74, 6) is 0. The van der Waals surface area contributed by atoms with Crippen LogP contribution in [0.2, 0.25) is 5.02 Å². The van der Waals surface area contributed by atoms with Crippen LogP contribution in [0.1, 0.15) is 0 Å². The number of hydrogen-bond donors (Lipinski definition) is 1. The Hall–Kier alpha value is -2.24. The van der Waals surface area contributed by atoms with E-state index in [9.17, 15) is 0 Å². The third-order valence-electron chi connectivity index (χ3n) is 3.42. The number of imidazole rings is 1. The molecule has 0 atom stereocenters. The molecule has 0 aliphatic heterocycles. The van der Waals surface area contributed by atoms with E-state index in [1.54, 1.807) is 18.6 Å². The van der Waals surface area contributed by atoms with Crippen LogP contribution < -0.4 is 0 Å². The topological polar surface area (TPSA) is 46.5 Å². The number of hydrogen-bond acceptors (Lipinski definition) is 3. The molecule has 0 fully saturated rings. The van der Waals surface area contributed by atoms with Crippen LogP contribution in [-0.4, -0.2) is 19.5 Å². The molecular formula is C15H9ClN4S. The van der Waals surface area contributed by atoms with Crippen LogP contribution >= 0.6 is 23.8 Å². The second-order valence-electron chi connectivity index (χ2n) is 4.62. The lowest BCUT2D eigenvalue weighted by Crippen LogP contribution is -1.97. The number of rotatable bonds is 1. The second-order valence-corrected chi connectivity index (χ2v) is 5.42. The van der Waals surface area contributed by atoms with Gasteiger partial charge < -0.3 is 4.98 Å². The van der Waals surface area contributed by atoms with Crippen molar-refractivity contribution in [2.75, 3.05) is 0 Å². The van der Waals surface area contributed by atoms with Crippen molar-refractivity contribution in [3.05, 3.63) is 58.7 Å². The molecule has 4 rings (SSSR count). The van der Waals surface area contributed by atoms with Crippen molar-refractivity contribution in [1.29, 1.82) is 0 Å². The lowest BCUT2D eigenvalue weighted by molar-refractivity contribution is 1.07. The molecule has 21 heavy (non-hydrogen) atoms. The van der Waals surface area contributed by atoms with E-state index in [-0.39, 0.29) is 0 Å². The van der Waals surface area contributed by atoms with Crippen molar-refractivity contribution in [3.63, 3.8) is 0 Å². The monoisotopic (exact) mass is 312 g/mol. The molecule has 0 saturated carbocycles. The van der Waals surface area contributed by atoms with E-state index in [1.165, 1.54) is 0 Å². The number of benzene rings is 1. The summed E-state index contributed by atoms with van der Waals surface area (Å²) in [6, 6.07) is 9.54. The van der Waals surface area contributed by atoms with Gasteiger partial charge in [0.25, 0.3) is 0 Å². The highest BCUT2D eigenvalue weighted by molar-refractivity contribution is 7.71. The summed E-state index contributed by atoms with van der Waals surface area (Å²) >= 11 is 11.7. The smallest absolute Gasteiger partial charge is 0.182 e. The van der Waals surface area contributed by atoms with Gasteiger partial charge in [0.15, 0.2) is 4.77 Å². The molecule has 0 unspecified atom stereocenters. The first kappa shape index (κ1) is 12.5. The molecule has 0 radical (unpaired) electrons. The Balaban J connectivity index is 2.17. The fourth-order valence-corrected chi connectivity index (χ4v) is 3.02. The lowest BCUT2D eigenvalue weighted by Gasteiger charge is -2.09. The van der Waals surface area contributed by atoms with Crippen molar-refractivity contribution in [2.45, 2.75) is 0 Å². The number of halogens is 1. The Morgan fingerprint density at radius 1 is 1.14 bits per heavy atom. The van der Waals surface area contributed by atoms with Gasteiger partial charge in [0.1, 0.15) is 0 Å². The van der Waals surface area contributed by atoms with E-state index < -0.39 is 0 Å². The molecule has 0 spiro atoms. The summed E-state index contributed by atoms with van der Waals surface area (Å²) < 4.78 is 2.56. The van der Waals surface area contributed by atoms with Crippen molar-refractivity contribution in [1.82, 2.24) is 19.5 Å². The van der Waals surface area contributed by atoms with E-state index in [2.05, 4.69) is 15.0 Å². The summed E-state index contributed by atoms with van der Waals surface area (Å²) in [6.07, 6.45) is 5.25. The molecule has 1 N–H and O–H groups in total. The predicted molar refractivity (Wildman–Crippen MR) is 86.6 cm³/mol. The Kier molecular flexibility index (Phi) is 2.77. The molecule has 0 aliphatic rings. The maximum atomic E-state index is 6.26. The third kappa shape index (κ3) is 1.86. The molecule has 0 saturated heterocycles. The van der Waals surface area contributed by atoms with Crippen LogP contribution in [0.3, 0.4) is 0 Å². The third-order valence-corrected chi connectivity index (χ3v) is 4.03. The molecule has 0 bridgehead atoms. The van der Waals surface area contributed by atoms with E-state index in [1.807, 2.05) is 34.9 Å². The highest BCUT2D eigenvalue weighted by atomic mass is 35.5. The molecule has 4 aromatic rings. The Labute approximate surface area is 130 Å². The van der Waals surface area contributed by atoms with Crippen molar-refractivity contribution >= 4 is 45.8 Å². The van der Waals surface area contributed by atoms with Gasteiger partial charge in [-0.25, -0.2) is 0 Å². The van der Waals surface area contributed by atoms with Gasteiger partial charge in [0, 0.05) is 17.8 Å². The van der Waals surface area contributed by atoms with Gasteiger partial charge in [-0.15, -0.1) is 0 Å². The molecule has 0 amide bonds. The number of fused-ring (bicyclic) bond motifs is 2. The minimum absolute atomic E-state index is 0.604. The highest BCUT2D eigenvalue weighted by Gasteiger charge is 2.11. The van der Waals surface area contributed by atoms with E-state index in [0.29, 0.717) is 9.79 Å². The predicted octanol–water partition coefficient (Wildman–Crippen LogP) is 4.28. The van der Waals surface area contributed by atoms with E-state index in [0.717, 1.165) is 27.6 Å². The first-order valence-electron chi connectivity index (χ1n) is 6.34. The SMILES string of the molecule is S=c1[nH]c2cnccc2n1-c1ccc(Cl)c2cccnc12. The number of H-pyrrole nitrogens is 1. The molecule has 3 aromatic heterocycles. The van der Waals surface area contributed by atoms with Crippen molar-refractivity contribution < 1.29 is 0 Å². The molecule has 4 nitrogen and oxygen atoms in total. The van der Waals surface area contributed by atoms with Gasteiger partial charge >= 0.3 is 0 Å². The zero-order valence-corrected chi connectivity index (χ0v) is 12.3. The van der Waals surface area contributed by atoms with Gasteiger partial charge in [-0.1, -0.05) is 11.6 Å². The minimum atomic E-state index is 0.604. The number of aromatic amines is 1. The summed E-state index contributed by atoms with van der Waals surface area (Å²) in [5, 5.41) is 1.58. The number of pyridine rings is 2. The molecule has 1 aromatic carbocycles. The molecule has 6 heteroatoms. The van der Waals surface area contributed by atoms with Crippen LogP contribution in [0.5, 0.6) is 0 Å². The Bertz CT molecular complexity index is 1030. The first-order valence-corrected chi connectivity index (χ1v) is 7.13. The largest absolute Gasteiger partial charge is 0.329 e. The van der Waals surface area contributed by atoms with Gasteiger partial charge in [-0.3, -0.25) is 14.5 Å². The summed E-state index contributed by atoms with van der Waals surface area (Å²) in [4.78, 5) is 11.7. The summed E-state index contributed by atoms with van der Waals surface area (Å²) in [5.41, 5.74) is 3.57. The average Bonchev–Trinajstić information content (AvgIpc) is 2.84. The number of nitrogens with one attached hydrogen (secondary N) is 1. The quantitative estimate of drug-likeness (QED) is 0.533. The van der Waals surface area contributed by atoms with Crippen LogP contribution in [0, 0.1) is 4.77 Å². The van der Waals surface area contributed by atoms with Crippen LogP contribution in [0.15, 0.2) is 48.9 Å². The minimum Gasteiger partial charge on any atom is -0.329 e. The number of nitrogens with zero attached hydrogens (tertiary/aromatic N) is 3. The maximum absolute atomic E-state index is 6.26. The standard InChI is InChI=1S/C15H9ClN4S/c16-10-3-4-13(14-9(10)2-1-6-18-14)20-12-5-7-17-8-11(12)19-15(20)21/h1-8H,(H,19,21). The van der Waals surface area contributed by atoms with E-state index >= 15 is 0 Å². The van der Waals surface area contributed by atoms with Crippen molar-refractivity contribution in [2.24, 2.45) is 0 Å². The average molecular weight is 313 g/mol. The Morgan fingerprint density at radius 3 is 2.95 bits per heavy atom. The van der Waals surface area contributed by atoms with Crippen LogP contribution in [0.25, 0.3) is 27.6 Å². The van der Waals surface area contributed by atoms with Crippen LogP contribution in [-0.2, 0) is 0 Å². The normalized spacial score (nSPS) is 11.3. The highest BCUT2D eigenvalue weighted by Crippen LogP contribution is 2.29. The van der Waals surface area contributed by atoms with Crippen LogP contribution in [0.4, 0.5) is 0 Å². The summed E-state index contributed by atoms with van der Waals surface area (Å²) in [6.45, 7) is 0. The Morgan fingerprint density at radius 2 is 2.05 bits per heavy atom. The molecule has 0 aliphatic carbocycles. The summed E-state index contributed by atoms with van der Waals surface area (Å²) in [7, 11) is 0. The maximum Gasteiger partial charge on any atom is 0.182 e. The fourth-order valence-electron chi connectivity index (χ4n) is 2.50. The van der Waals surface area contributed by atoms with Gasteiger partial charge in [-0.2, -0.15) is 0 Å². The molecule has 102 valence electrons. The second kappa shape index (κ2) is 4.65. The van der Waals surface area contributed by atoms with Gasteiger partial charge in [0.05, 0.1) is 33.5 Å². The first-order chi connectivity index (χ1) is 10.3. The fraction of sp³-hybridized carbons (Fsp3) is 0. The molecular weight excluding hydrogens is 304 g/mol. The molecule has 3 heterocycles. The zero-order valence-electron chi connectivity index (χ0n) is 10.7. The van der Waals surface area contributed by atoms with Gasteiger partial charge in [0.2, 0.25) is 0 Å². The van der Waals surface area contributed by atoms with Gasteiger partial charge in [-0.05, 0) is 42.5 Å². The zero-order chi connectivity index (χ0) is 14.4. The van der Waals surface area contributed by atoms with E-state index in [4.69, 9.17) is 23.8 Å². The lowest BCUT2D eigenvalue weighted by atomic mass is 10.2.